The van der Waals surface area contributed by atoms with E-state index in [9.17, 15) is 31.1 Å². The molecule has 4 nitrogen and oxygen atoms in total. The summed E-state index contributed by atoms with van der Waals surface area (Å²) in [6.07, 6.45) is -9.79. The van der Waals surface area contributed by atoms with Crippen molar-refractivity contribution >= 4 is 5.97 Å². The Kier molecular flexibility index (Phi) is 2.95. The number of rotatable bonds is 3. The minimum absolute atomic E-state index is 0.192. The Hall–Kier alpha value is -1.74. The summed E-state index contributed by atoms with van der Waals surface area (Å²) in [5.74, 6) is -1.80. The van der Waals surface area contributed by atoms with E-state index in [0.29, 0.717) is 4.68 Å². The molecule has 3 saturated carbocycles. The predicted octanol–water partition coefficient (Wildman–Crippen LogP) is 3.64. The van der Waals surface area contributed by atoms with Crippen LogP contribution in [-0.4, -0.2) is 27.0 Å². The minimum Gasteiger partial charge on any atom is -0.477 e. The maximum atomic E-state index is 13.0. The van der Waals surface area contributed by atoms with Crippen LogP contribution >= 0.6 is 0 Å². The first-order valence-corrected chi connectivity index (χ1v) is 6.75. The van der Waals surface area contributed by atoms with E-state index in [1.807, 2.05) is 0 Å². The van der Waals surface area contributed by atoms with Gasteiger partial charge in [-0.3, -0.25) is 4.68 Å². The van der Waals surface area contributed by atoms with Gasteiger partial charge in [-0.2, -0.15) is 31.4 Å². The molecule has 0 spiro atoms. The SMILES string of the molecule is Cc1nn(CC23CC(C(F)(F)F)(C2)C3)c(C(=O)O)c1C(F)(F)F. The summed E-state index contributed by atoms with van der Waals surface area (Å²) in [7, 11) is 0. The van der Waals surface area contributed by atoms with Gasteiger partial charge in [0.1, 0.15) is 5.56 Å². The lowest BCUT2D eigenvalue weighted by Gasteiger charge is -2.70. The summed E-state index contributed by atoms with van der Waals surface area (Å²) < 4.78 is 78.0. The molecule has 0 aliphatic heterocycles. The van der Waals surface area contributed by atoms with Crippen molar-refractivity contribution in [1.29, 1.82) is 0 Å². The van der Waals surface area contributed by atoms with Crippen LogP contribution < -0.4 is 0 Å². The molecule has 0 amide bonds. The number of hydrogen-bond donors (Lipinski definition) is 1. The predicted molar refractivity (Wildman–Crippen MR) is 63.7 cm³/mol. The van der Waals surface area contributed by atoms with Gasteiger partial charge in [0.2, 0.25) is 0 Å². The molecular formula is C13H12F6N2O2. The fourth-order valence-corrected chi connectivity index (χ4v) is 4.04. The summed E-state index contributed by atoms with van der Waals surface area (Å²) in [5.41, 5.74) is -5.40. The smallest absolute Gasteiger partial charge is 0.420 e. The fraction of sp³-hybridized carbons (Fsp3) is 0.692. The normalized spacial score (nSPS) is 29.9. The second-order valence-electron chi connectivity index (χ2n) is 6.58. The summed E-state index contributed by atoms with van der Waals surface area (Å²) in [4.78, 5) is 11.2. The topological polar surface area (TPSA) is 55.1 Å². The van der Waals surface area contributed by atoms with Crippen molar-refractivity contribution in [3.05, 3.63) is 17.0 Å². The van der Waals surface area contributed by atoms with E-state index < -0.39 is 46.1 Å². The van der Waals surface area contributed by atoms with E-state index in [-0.39, 0.29) is 25.8 Å². The van der Waals surface area contributed by atoms with E-state index in [0.717, 1.165) is 6.92 Å². The van der Waals surface area contributed by atoms with Gasteiger partial charge in [-0.25, -0.2) is 4.79 Å². The number of nitrogens with zero attached hydrogens (tertiary/aromatic N) is 2. The van der Waals surface area contributed by atoms with Crippen molar-refractivity contribution in [3.63, 3.8) is 0 Å². The van der Waals surface area contributed by atoms with Crippen molar-refractivity contribution < 1.29 is 36.2 Å². The Morgan fingerprint density at radius 3 is 2.13 bits per heavy atom. The first kappa shape index (κ1) is 16.1. The molecule has 3 aliphatic carbocycles. The van der Waals surface area contributed by atoms with Gasteiger partial charge in [-0.15, -0.1) is 0 Å². The molecular weight excluding hydrogens is 330 g/mol. The van der Waals surface area contributed by atoms with Gasteiger partial charge in [0.05, 0.1) is 11.1 Å². The van der Waals surface area contributed by atoms with Gasteiger partial charge in [0.25, 0.3) is 0 Å². The van der Waals surface area contributed by atoms with Crippen molar-refractivity contribution in [3.8, 4) is 0 Å². The van der Waals surface area contributed by atoms with Crippen molar-refractivity contribution in [2.24, 2.45) is 10.8 Å². The highest BCUT2D eigenvalue weighted by atomic mass is 19.4. The maximum absolute atomic E-state index is 13.0. The molecule has 4 rings (SSSR count). The summed E-state index contributed by atoms with van der Waals surface area (Å²) in [6.45, 7) is 0.786. The molecule has 128 valence electrons. The van der Waals surface area contributed by atoms with Crippen LogP contribution in [-0.2, 0) is 12.7 Å². The third-order valence-electron chi connectivity index (χ3n) is 4.84. The highest BCUT2D eigenvalue weighted by molar-refractivity contribution is 5.88. The molecule has 0 aromatic carbocycles. The van der Waals surface area contributed by atoms with Crippen molar-refractivity contribution in [1.82, 2.24) is 9.78 Å². The third-order valence-corrected chi connectivity index (χ3v) is 4.84. The van der Waals surface area contributed by atoms with Crippen LogP contribution in [0.1, 0.15) is 41.0 Å². The Labute approximate surface area is 126 Å². The molecule has 0 radical (unpaired) electrons. The van der Waals surface area contributed by atoms with Gasteiger partial charge in [-0.1, -0.05) is 0 Å². The zero-order chi connectivity index (χ0) is 17.4. The quantitative estimate of drug-likeness (QED) is 0.854. The average molecular weight is 342 g/mol. The molecule has 23 heavy (non-hydrogen) atoms. The number of aryl methyl sites for hydroxylation is 1. The molecule has 2 bridgehead atoms. The summed E-state index contributed by atoms with van der Waals surface area (Å²) >= 11 is 0. The van der Waals surface area contributed by atoms with Gasteiger partial charge in [0, 0.05) is 6.54 Å². The molecule has 1 heterocycles. The van der Waals surface area contributed by atoms with Crippen LogP contribution in [0.15, 0.2) is 0 Å². The van der Waals surface area contributed by atoms with Crippen LogP contribution in [0.2, 0.25) is 0 Å². The number of hydrogen-bond acceptors (Lipinski definition) is 2. The highest BCUT2D eigenvalue weighted by Gasteiger charge is 2.78. The molecule has 0 unspecified atom stereocenters. The molecule has 1 aromatic heterocycles. The average Bonchev–Trinajstić information content (AvgIpc) is 2.55. The number of alkyl halides is 6. The van der Waals surface area contributed by atoms with Crippen LogP contribution in [0.5, 0.6) is 0 Å². The Morgan fingerprint density at radius 2 is 1.74 bits per heavy atom. The van der Waals surface area contributed by atoms with Gasteiger partial charge >= 0.3 is 18.3 Å². The highest BCUT2D eigenvalue weighted by Crippen LogP contribution is 2.78. The third kappa shape index (κ3) is 2.13. The van der Waals surface area contributed by atoms with Crippen LogP contribution in [0.4, 0.5) is 26.3 Å². The standard InChI is InChI=1S/C13H12F6N2O2/c1-6-7(12(14,15)16)8(9(22)23)21(20-6)5-10-2-11(3-10,4-10)13(17,18)19/h2-5H2,1H3,(H,22,23). The molecule has 0 saturated heterocycles. The largest absolute Gasteiger partial charge is 0.477 e. The number of aromatic carboxylic acids is 1. The monoisotopic (exact) mass is 342 g/mol. The number of halogens is 6. The summed E-state index contributed by atoms with van der Waals surface area (Å²) in [5, 5.41) is 12.7. The summed E-state index contributed by atoms with van der Waals surface area (Å²) in [6, 6.07) is 0. The van der Waals surface area contributed by atoms with E-state index >= 15 is 0 Å². The minimum atomic E-state index is -4.89. The second-order valence-corrected chi connectivity index (χ2v) is 6.58. The number of aromatic nitrogens is 2. The molecule has 3 fully saturated rings. The fourth-order valence-electron chi connectivity index (χ4n) is 4.04. The number of carbonyl (C=O) groups is 1. The first-order valence-electron chi connectivity index (χ1n) is 6.75. The van der Waals surface area contributed by atoms with E-state index in [1.54, 1.807) is 0 Å². The molecule has 3 aliphatic rings. The van der Waals surface area contributed by atoms with E-state index in [2.05, 4.69) is 5.10 Å². The molecule has 0 atom stereocenters. The Morgan fingerprint density at radius 1 is 1.22 bits per heavy atom. The molecule has 10 heteroatoms. The van der Waals surface area contributed by atoms with Crippen LogP contribution in [0, 0.1) is 17.8 Å². The first-order chi connectivity index (χ1) is 10.3. The van der Waals surface area contributed by atoms with Gasteiger partial charge < -0.3 is 5.11 Å². The van der Waals surface area contributed by atoms with Crippen molar-refractivity contribution in [2.45, 2.75) is 45.1 Å². The zero-order valence-electron chi connectivity index (χ0n) is 11.8. The van der Waals surface area contributed by atoms with E-state index in [1.165, 1.54) is 0 Å². The van der Waals surface area contributed by atoms with Gasteiger partial charge in [0.15, 0.2) is 5.69 Å². The molecule has 1 aromatic rings. The van der Waals surface area contributed by atoms with E-state index in [4.69, 9.17) is 5.11 Å². The van der Waals surface area contributed by atoms with Crippen LogP contribution in [0.25, 0.3) is 0 Å². The Bertz CT molecular complexity index is 668. The molecule has 1 N–H and O–H groups in total. The lowest BCUT2D eigenvalue weighted by molar-refractivity contribution is -0.366. The lowest BCUT2D eigenvalue weighted by Crippen LogP contribution is -2.69. The van der Waals surface area contributed by atoms with Gasteiger partial charge in [-0.05, 0) is 31.6 Å². The number of carboxylic acids is 1. The number of carboxylic acid groups (broad SMARTS) is 1. The van der Waals surface area contributed by atoms with Crippen LogP contribution in [0.3, 0.4) is 0 Å². The second kappa shape index (κ2) is 4.21. The van der Waals surface area contributed by atoms with Crippen molar-refractivity contribution in [2.75, 3.05) is 0 Å². The Balaban J connectivity index is 1.88. The zero-order valence-corrected chi connectivity index (χ0v) is 11.8. The maximum Gasteiger partial charge on any atom is 0.420 e. The lowest BCUT2D eigenvalue weighted by atomic mass is 9.35.